The number of aromatic nitrogens is 3. The van der Waals surface area contributed by atoms with Crippen molar-refractivity contribution >= 4 is 32.9 Å². The molecule has 0 N–H and O–H groups in total. The maximum Gasteiger partial charge on any atom is 0.306 e. The fourth-order valence-corrected chi connectivity index (χ4v) is 3.10. The van der Waals surface area contributed by atoms with E-state index in [2.05, 4.69) is 26.2 Å². The molecule has 0 bridgehead atoms. The molecular formula is C18H24BrN3O3. The summed E-state index contributed by atoms with van der Waals surface area (Å²) in [6, 6.07) is 3.92. The zero-order valence-corrected chi connectivity index (χ0v) is 16.5. The molecule has 1 aliphatic carbocycles. The maximum absolute atomic E-state index is 11.7. The number of carbonyl (C=O) groups excluding carboxylic acids is 1. The van der Waals surface area contributed by atoms with Gasteiger partial charge in [0, 0.05) is 13.0 Å². The van der Waals surface area contributed by atoms with Crippen molar-refractivity contribution in [3.63, 3.8) is 0 Å². The summed E-state index contributed by atoms with van der Waals surface area (Å²) in [7, 11) is 0. The Labute approximate surface area is 156 Å². The third-order valence-electron chi connectivity index (χ3n) is 3.92. The van der Waals surface area contributed by atoms with Crippen LogP contribution in [-0.2, 0) is 16.1 Å². The van der Waals surface area contributed by atoms with Gasteiger partial charge in [0.05, 0.1) is 16.6 Å². The third kappa shape index (κ3) is 4.93. The van der Waals surface area contributed by atoms with Crippen molar-refractivity contribution in [3.05, 3.63) is 16.6 Å². The lowest BCUT2D eigenvalue weighted by atomic mass is 10.2. The molecule has 0 radical (unpaired) electrons. The normalized spacial score (nSPS) is 14.7. The molecule has 136 valence electrons. The third-order valence-corrected chi connectivity index (χ3v) is 4.69. The average Bonchev–Trinajstić information content (AvgIpc) is 3.23. The van der Waals surface area contributed by atoms with Gasteiger partial charge in [-0.1, -0.05) is 5.21 Å². The number of carbonyl (C=O) groups is 1. The molecular weight excluding hydrogens is 386 g/mol. The second-order valence-corrected chi connectivity index (χ2v) is 8.29. The number of rotatable bonds is 7. The Kier molecular flexibility index (Phi) is 5.32. The van der Waals surface area contributed by atoms with Gasteiger partial charge in [0.15, 0.2) is 0 Å². The highest BCUT2D eigenvalue weighted by Gasteiger charge is 2.24. The van der Waals surface area contributed by atoms with E-state index < -0.39 is 5.60 Å². The van der Waals surface area contributed by atoms with Crippen molar-refractivity contribution in [1.82, 2.24) is 15.0 Å². The van der Waals surface area contributed by atoms with Crippen molar-refractivity contribution < 1.29 is 14.3 Å². The first-order valence-electron chi connectivity index (χ1n) is 8.70. The molecule has 1 aromatic carbocycles. The standard InChI is InChI=1S/C18H24BrN3O3/c1-18(2,3)25-15(23)5-4-10-24-14-9-8-13-17(16(14)19)20-21-22(13)11-12-6-7-12/h8-9,12H,4-7,10-11H2,1-3H3. The summed E-state index contributed by atoms with van der Waals surface area (Å²) < 4.78 is 13.9. The summed E-state index contributed by atoms with van der Waals surface area (Å²) in [4.78, 5) is 11.7. The van der Waals surface area contributed by atoms with Crippen LogP contribution in [0.4, 0.5) is 0 Å². The molecule has 0 atom stereocenters. The maximum atomic E-state index is 11.7. The Balaban J connectivity index is 1.55. The highest BCUT2D eigenvalue weighted by atomic mass is 79.9. The number of benzene rings is 1. The van der Waals surface area contributed by atoms with Crippen LogP contribution < -0.4 is 4.74 Å². The summed E-state index contributed by atoms with van der Waals surface area (Å²) in [6.45, 7) is 6.97. The van der Waals surface area contributed by atoms with Crippen LogP contribution in [0.25, 0.3) is 11.0 Å². The number of nitrogens with zero attached hydrogens (tertiary/aromatic N) is 3. The summed E-state index contributed by atoms with van der Waals surface area (Å²) in [5, 5.41) is 8.52. The molecule has 0 unspecified atom stereocenters. The minimum absolute atomic E-state index is 0.200. The van der Waals surface area contributed by atoms with Crippen LogP contribution in [0.2, 0.25) is 0 Å². The second kappa shape index (κ2) is 7.32. The van der Waals surface area contributed by atoms with Gasteiger partial charge in [0.2, 0.25) is 0 Å². The SMILES string of the molecule is CC(C)(C)OC(=O)CCCOc1ccc2c(nnn2CC2CC2)c1Br. The van der Waals surface area contributed by atoms with Gasteiger partial charge in [-0.15, -0.1) is 5.10 Å². The highest BCUT2D eigenvalue weighted by Crippen LogP contribution is 2.34. The predicted octanol–water partition coefficient (Wildman–Crippen LogP) is 4.10. The minimum atomic E-state index is -0.446. The summed E-state index contributed by atoms with van der Waals surface area (Å²) >= 11 is 3.57. The molecule has 1 heterocycles. The molecule has 0 spiro atoms. The number of hydrogen-bond donors (Lipinski definition) is 0. The van der Waals surface area contributed by atoms with Crippen LogP contribution in [0.1, 0.15) is 46.5 Å². The highest BCUT2D eigenvalue weighted by molar-refractivity contribution is 9.10. The fraction of sp³-hybridized carbons (Fsp3) is 0.611. The van der Waals surface area contributed by atoms with Gasteiger partial charge >= 0.3 is 5.97 Å². The lowest BCUT2D eigenvalue weighted by Crippen LogP contribution is -2.23. The molecule has 1 aliphatic rings. The van der Waals surface area contributed by atoms with Crippen molar-refractivity contribution in [2.45, 2.75) is 58.6 Å². The summed E-state index contributed by atoms with van der Waals surface area (Å²) in [5.41, 5.74) is 1.38. The van der Waals surface area contributed by atoms with E-state index in [9.17, 15) is 4.79 Å². The first kappa shape index (κ1) is 18.2. The molecule has 0 saturated heterocycles. The van der Waals surface area contributed by atoms with E-state index in [1.807, 2.05) is 37.6 Å². The van der Waals surface area contributed by atoms with Crippen molar-refractivity contribution in [1.29, 1.82) is 0 Å². The summed E-state index contributed by atoms with van der Waals surface area (Å²) in [6.07, 6.45) is 3.51. The molecule has 0 aliphatic heterocycles. The van der Waals surface area contributed by atoms with Crippen molar-refractivity contribution in [2.24, 2.45) is 5.92 Å². The van der Waals surface area contributed by atoms with E-state index in [0.717, 1.165) is 33.7 Å². The van der Waals surface area contributed by atoms with Gasteiger partial charge in [-0.2, -0.15) is 0 Å². The number of halogens is 1. The lowest BCUT2D eigenvalue weighted by Gasteiger charge is -2.19. The van der Waals surface area contributed by atoms with Gasteiger partial charge in [-0.05, 0) is 74.0 Å². The average molecular weight is 410 g/mol. The van der Waals surface area contributed by atoms with E-state index in [1.54, 1.807) is 0 Å². The van der Waals surface area contributed by atoms with Gasteiger partial charge in [-0.3, -0.25) is 4.79 Å². The van der Waals surface area contributed by atoms with Crippen LogP contribution in [0, 0.1) is 5.92 Å². The predicted molar refractivity (Wildman–Crippen MR) is 98.5 cm³/mol. The van der Waals surface area contributed by atoms with Crippen LogP contribution in [0.15, 0.2) is 16.6 Å². The quantitative estimate of drug-likeness (QED) is 0.508. The largest absolute Gasteiger partial charge is 0.492 e. The Morgan fingerprint density at radius 3 is 2.80 bits per heavy atom. The summed E-state index contributed by atoms with van der Waals surface area (Å²) in [5.74, 6) is 1.26. The van der Waals surface area contributed by atoms with E-state index in [-0.39, 0.29) is 5.97 Å². The van der Waals surface area contributed by atoms with Gasteiger partial charge in [-0.25, -0.2) is 4.68 Å². The molecule has 1 saturated carbocycles. The van der Waals surface area contributed by atoms with E-state index in [4.69, 9.17) is 9.47 Å². The monoisotopic (exact) mass is 409 g/mol. The van der Waals surface area contributed by atoms with Crippen LogP contribution in [-0.4, -0.2) is 33.2 Å². The Bertz CT molecular complexity index is 763. The fourth-order valence-electron chi connectivity index (χ4n) is 2.57. The van der Waals surface area contributed by atoms with E-state index in [0.29, 0.717) is 19.4 Å². The van der Waals surface area contributed by atoms with Crippen molar-refractivity contribution in [3.8, 4) is 5.75 Å². The number of esters is 1. The molecule has 2 aromatic rings. The first-order valence-corrected chi connectivity index (χ1v) is 9.49. The lowest BCUT2D eigenvalue weighted by molar-refractivity contribution is -0.155. The molecule has 7 heteroatoms. The van der Waals surface area contributed by atoms with E-state index >= 15 is 0 Å². The Morgan fingerprint density at radius 2 is 2.12 bits per heavy atom. The number of fused-ring (bicyclic) bond motifs is 1. The molecule has 1 fully saturated rings. The molecule has 6 nitrogen and oxygen atoms in total. The number of hydrogen-bond acceptors (Lipinski definition) is 5. The zero-order chi connectivity index (χ0) is 18.0. The van der Waals surface area contributed by atoms with E-state index in [1.165, 1.54) is 12.8 Å². The van der Waals surface area contributed by atoms with Crippen LogP contribution in [0.3, 0.4) is 0 Å². The Morgan fingerprint density at radius 1 is 1.36 bits per heavy atom. The molecule has 1 aromatic heterocycles. The molecule has 0 amide bonds. The zero-order valence-electron chi connectivity index (χ0n) is 14.9. The Hall–Kier alpha value is -1.63. The van der Waals surface area contributed by atoms with Gasteiger partial charge in [0.1, 0.15) is 16.9 Å². The van der Waals surface area contributed by atoms with Gasteiger partial charge in [0.25, 0.3) is 0 Å². The van der Waals surface area contributed by atoms with Crippen molar-refractivity contribution in [2.75, 3.05) is 6.61 Å². The topological polar surface area (TPSA) is 66.2 Å². The van der Waals surface area contributed by atoms with Crippen LogP contribution >= 0.6 is 15.9 Å². The van der Waals surface area contributed by atoms with Gasteiger partial charge < -0.3 is 9.47 Å². The minimum Gasteiger partial charge on any atom is -0.492 e. The second-order valence-electron chi connectivity index (χ2n) is 7.50. The molecule has 3 rings (SSSR count). The first-order chi connectivity index (χ1) is 11.8. The number of ether oxygens (including phenoxy) is 2. The van der Waals surface area contributed by atoms with Crippen LogP contribution in [0.5, 0.6) is 5.75 Å². The molecule has 25 heavy (non-hydrogen) atoms. The smallest absolute Gasteiger partial charge is 0.306 e.